The van der Waals surface area contributed by atoms with Gasteiger partial charge in [-0.05, 0) is 12.8 Å². The standard InChI is InChI=1S/C12H17N7S/c13-10-16-11(14-4-3-9-7-20-8-15-9)18-12(17-10)19-5-1-2-6-19/h7-8H,1-6H2,(H3,13,14,16,17,18). The molecule has 106 valence electrons. The van der Waals surface area contributed by atoms with E-state index in [1.54, 1.807) is 11.3 Å². The van der Waals surface area contributed by atoms with Crippen molar-refractivity contribution >= 4 is 29.2 Å². The Morgan fingerprint density at radius 1 is 1.25 bits per heavy atom. The number of thiazole rings is 1. The second-order valence-electron chi connectivity index (χ2n) is 4.67. The Morgan fingerprint density at radius 3 is 2.85 bits per heavy atom. The van der Waals surface area contributed by atoms with Gasteiger partial charge in [-0.15, -0.1) is 11.3 Å². The maximum absolute atomic E-state index is 5.75. The van der Waals surface area contributed by atoms with Gasteiger partial charge in [0.25, 0.3) is 0 Å². The highest BCUT2D eigenvalue weighted by Gasteiger charge is 2.16. The van der Waals surface area contributed by atoms with Crippen LogP contribution < -0.4 is 16.0 Å². The average molecular weight is 291 g/mol. The average Bonchev–Trinajstić information content (AvgIpc) is 3.11. The molecule has 1 aliphatic heterocycles. The van der Waals surface area contributed by atoms with Crippen molar-refractivity contribution in [1.82, 2.24) is 19.9 Å². The summed E-state index contributed by atoms with van der Waals surface area (Å²) in [5.41, 5.74) is 8.66. The molecule has 1 fully saturated rings. The lowest BCUT2D eigenvalue weighted by Crippen LogP contribution is -2.22. The third kappa shape index (κ3) is 3.13. The van der Waals surface area contributed by atoms with Gasteiger partial charge in [0, 0.05) is 31.4 Å². The van der Waals surface area contributed by atoms with Crippen LogP contribution in [0.2, 0.25) is 0 Å². The molecule has 0 spiro atoms. The highest BCUT2D eigenvalue weighted by atomic mass is 32.1. The van der Waals surface area contributed by atoms with E-state index in [4.69, 9.17) is 5.73 Å². The summed E-state index contributed by atoms with van der Waals surface area (Å²) >= 11 is 1.60. The van der Waals surface area contributed by atoms with Gasteiger partial charge in [-0.3, -0.25) is 0 Å². The van der Waals surface area contributed by atoms with Gasteiger partial charge in [-0.1, -0.05) is 0 Å². The number of nitrogens with two attached hydrogens (primary N) is 1. The summed E-state index contributed by atoms with van der Waals surface area (Å²) in [4.78, 5) is 19.1. The van der Waals surface area contributed by atoms with Crippen LogP contribution in [0.25, 0.3) is 0 Å². The monoisotopic (exact) mass is 291 g/mol. The van der Waals surface area contributed by atoms with E-state index in [2.05, 4.69) is 30.2 Å². The first-order chi connectivity index (χ1) is 9.81. The van der Waals surface area contributed by atoms with Crippen molar-refractivity contribution in [2.75, 3.05) is 35.6 Å². The number of nitrogens with zero attached hydrogens (tertiary/aromatic N) is 5. The Labute approximate surface area is 121 Å². The normalized spacial score (nSPS) is 14.7. The molecule has 3 rings (SSSR count). The molecule has 0 unspecified atom stereocenters. The van der Waals surface area contributed by atoms with Crippen LogP contribution in [0.1, 0.15) is 18.5 Å². The van der Waals surface area contributed by atoms with Crippen molar-refractivity contribution in [3.05, 3.63) is 16.6 Å². The minimum absolute atomic E-state index is 0.262. The fourth-order valence-corrected chi connectivity index (χ4v) is 2.77. The van der Waals surface area contributed by atoms with E-state index in [-0.39, 0.29) is 5.95 Å². The van der Waals surface area contributed by atoms with E-state index < -0.39 is 0 Å². The van der Waals surface area contributed by atoms with E-state index in [9.17, 15) is 0 Å². The van der Waals surface area contributed by atoms with Gasteiger partial charge in [0.15, 0.2) is 0 Å². The molecule has 0 atom stereocenters. The maximum atomic E-state index is 5.75. The van der Waals surface area contributed by atoms with Crippen molar-refractivity contribution in [3.63, 3.8) is 0 Å². The molecule has 0 bridgehead atoms. The third-order valence-corrected chi connectivity index (χ3v) is 3.81. The summed E-state index contributed by atoms with van der Waals surface area (Å²) in [6, 6.07) is 0. The lowest BCUT2D eigenvalue weighted by atomic mass is 10.3. The number of hydrogen-bond donors (Lipinski definition) is 2. The van der Waals surface area contributed by atoms with Crippen LogP contribution in [-0.4, -0.2) is 39.6 Å². The minimum Gasteiger partial charge on any atom is -0.368 e. The Kier molecular flexibility index (Phi) is 3.91. The summed E-state index contributed by atoms with van der Waals surface area (Å²) in [6.07, 6.45) is 3.20. The van der Waals surface area contributed by atoms with Gasteiger partial charge >= 0.3 is 0 Å². The molecule has 3 heterocycles. The summed E-state index contributed by atoms with van der Waals surface area (Å²) in [6.45, 7) is 2.70. The van der Waals surface area contributed by atoms with Crippen LogP contribution in [0.3, 0.4) is 0 Å². The molecule has 2 aromatic rings. The van der Waals surface area contributed by atoms with Gasteiger partial charge in [-0.2, -0.15) is 15.0 Å². The van der Waals surface area contributed by atoms with Crippen LogP contribution in [0.5, 0.6) is 0 Å². The predicted octanol–water partition coefficient (Wildman–Crippen LogP) is 1.17. The first-order valence-corrected chi connectivity index (χ1v) is 7.63. The fraction of sp³-hybridized carbons (Fsp3) is 0.500. The predicted molar refractivity (Wildman–Crippen MR) is 80.0 cm³/mol. The quantitative estimate of drug-likeness (QED) is 0.854. The summed E-state index contributed by atoms with van der Waals surface area (Å²) in [5, 5.41) is 5.22. The zero-order valence-corrected chi connectivity index (χ0v) is 11.9. The summed E-state index contributed by atoms with van der Waals surface area (Å²) in [7, 11) is 0. The van der Waals surface area contributed by atoms with Gasteiger partial charge in [0.2, 0.25) is 17.8 Å². The van der Waals surface area contributed by atoms with Crippen molar-refractivity contribution in [2.45, 2.75) is 19.3 Å². The first-order valence-electron chi connectivity index (χ1n) is 6.69. The van der Waals surface area contributed by atoms with Crippen LogP contribution in [0.15, 0.2) is 10.9 Å². The molecule has 2 aromatic heterocycles. The molecular formula is C12H17N7S. The second kappa shape index (κ2) is 6.00. The number of nitrogens with one attached hydrogen (secondary N) is 1. The molecule has 3 N–H and O–H groups in total. The van der Waals surface area contributed by atoms with E-state index in [0.717, 1.165) is 31.7 Å². The molecule has 0 amide bonds. The van der Waals surface area contributed by atoms with Gasteiger partial charge in [0.05, 0.1) is 11.2 Å². The Bertz CT molecular complexity index is 551. The van der Waals surface area contributed by atoms with Crippen LogP contribution in [-0.2, 0) is 6.42 Å². The second-order valence-corrected chi connectivity index (χ2v) is 5.39. The van der Waals surface area contributed by atoms with Crippen LogP contribution in [0, 0.1) is 0 Å². The SMILES string of the molecule is Nc1nc(NCCc2cscn2)nc(N2CCCC2)n1. The number of anilines is 3. The molecule has 1 aliphatic rings. The molecule has 0 aromatic carbocycles. The number of hydrogen-bond acceptors (Lipinski definition) is 8. The van der Waals surface area contributed by atoms with Gasteiger partial charge < -0.3 is 16.0 Å². The molecule has 8 heteroatoms. The smallest absolute Gasteiger partial charge is 0.231 e. The summed E-state index contributed by atoms with van der Waals surface area (Å²) in [5.74, 6) is 1.47. The number of nitrogen functional groups attached to an aromatic ring is 1. The number of rotatable bonds is 5. The number of aromatic nitrogens is 4. The molecule has 0 saturated carbocycles. The Morgan fingerprint density at radius 2 is 2.10 bits per heavy atom. The molecule has 7 nitrogen and oxygen atoms in total. The van der Waals surface area contributed by atoms with E-state index in [1.165, 1.54) is 12.8 Å². The maximum Gasteiger partial charge on any atom is 0.231 e. The highest BCUT2D eigenvalue weighted by Crippen LogP contribution is 2.17. The van der Waals surface area contributed by atoms with E-state index >= 15 is 0 Å². The van der Waals surface area contributed by atoms with Crippen molar-refractivity contribution in [3.8, 4) is 0 Å². The summed E-state index contributed by atoms with van der Waals surface area (Å²) < 4.78 is 0. The van der Waals surface area contributed by atoms with Crippen molar-refractivity contribution in [2.24, 2.45) is 0 Å². The molecule has 0 radical (unpaired) electrons. The minimum atomic E-state index is 0.262. The van der Waals surface area contributed by atoms with Gasteiger partial charge in [0.1, 0.15) is 0 Å². The molecule has 1 saturated heterocycles. The molecular weight excluding hydrogens is 274 g/mol. The lowest BCUT2D eigenvalue weighted by molar-refractivity contribution is 0.876. The zero-order chi connectivity index (χ0) is 13.8. The molecule has 20 heavy (non-hydrogen) atoms. The Hall–Kier alpha value is -1.96. The third-order valence-electron chi connectivity index (χ3n) is 3.18. The van der Waals surface area contributed by atoms with Crippen LogP contribution in [0.4, 0.5) is 17.8 Å². The van der Waals surface area contributed by atoms with E-state index in [1.807, 2.05) is 10.9 Å². The lowest BCUT2D eigenvalue weighted by Gasteiger charge is -2.15. The van der Waals surface area contributed by atoms with Crippen molar-refractivity contribution in [1.29, 1.82) is 0 Å². The van der Waals surface area contributed by atoms with Gasteiger partial charge in [-0.25, -0.2) is 4.98 Å². The van der Waals surface area contributed by atoms with Crippen molar-refractivity contribution < 1.29 is 0 Å². The topological polar surface area (TPSA) is 92.8 Å². The molecule has 0 aliphatic carbocycles. The largest absolute Gasteiger partial charge is 0.368 e. The Balaban J connectivity index is 1.63. The first kappa shape index (κ1) is 13.0. The zero-order valence-electron chi connectivity index (χ0n) is 11.1. The van der Waals surface area contributed by atoms with E-state index in [0.29, 0.717) is 11.9 Å². The highest BCUT2D eigenvalue weighted by molar-refractivity contribution is 7.07. The fourth-order valence-electron chi connectivity index (χ4n) is 2.18. The van der Waals surface area contributed by atoms with Crippen LogP contribution >= 0.6 is 11.3 Å².